The molecule has 152 valence electrons. The lowest BCUT2D eigenvalue weighted by Crippen LogP contribution is -2.28. The molecule has 4 aromatic rings. The smallest absolute Gasteiger partial charge is 0.284 e. The maximum Gasteiger partial charge on any atom is 0.284 e. The molecular weight excluding hydrogens is 380 g/mol. The summed E-state index contributed by atoms with van der Waals surface area (Å²) < 4.78 is 2.77. The fourth-order valence-corrected chi connectivity index (χ4v) is 3.39. The van der Waals surface area contributed by atoms with Crippen LogP contribution in [-0.4, -0.2) is 30.5 Å². The average Bonchev–Trinajstić information content (AvgIpc) is 3.10. The Morgan fingerprint density at radius 3 is 2.43 bits per heavy atom. The molecule has 0 bridgehead atoms. The fourth-order valence-electron chi connectivity index (χ4n) is 3.39. The van der Waals surface area contributed by atoms with Crippen molar-refractivity contribution in [3.8, 4) is 5.69 Å². The highest BCUT2D eigenvalue weighted by Gasteiger charge is 2.15. The highest BCUT2D eigenvalue weighted by Crippen LogP contribution is 2.16. The van der Waals surface area contributed by atoms with Gasteiger partial charge in [0.1, 0.15) is 12.9 Å². The van der Waals surface area contributed by atoms with E-state index < -0.39 is 5.56 Å². The Morgan fingerprint density at radius 1 is 1.00 bits per heavy atom. The van der Waals surface area contributed by atoms with Gasteiger partial charge < -0.3 is 5.32 Å². The largest absolute Gasteiger partial charge is 0.325 e. The second-order valence-electron chi connectivity index (χ2n) is 7.54. The van der Waals surface area contributed by atoms with Crippen molar-refractivity contribution < 1.29 is 4.79 Å². The van der Waals surface area contributed by atoms with Gasteiger partial charge in [-0.2, -0.15) is 4.68 Å². The number of fused-ring (bicyclic) bond motifs is 1. The van der Waals surface area contributed by atoms with Crippen LogP contribution in [0.15, 0.2) is 47.5 Å². The first-order chi connectivity index (χ1) is 14.3. The number of nitrogens with one attached hydrogen (secondary N) is 1. The van der Waals surface area contributed by atoms with Crippen molar-refractivity contribution in [3.63, 3.8) is 0 Å². The van der Waals surface area contributed by atoms with Crippen molar-refractivity contribution in [2.45, 2.75) is 34.2 Å². The Hall–Kier alpha value is -3.81. The number of carbonyl (C=O) groups is 1. The lowest BCUT2D eigenvalue weighted by Gasteiger charge is -2.09. The summed E-state index contributed by atoms with van der Waals surface area (Å²) in [5.74, 6) is -0.315. The van der Waals surface area contributed by atoms with Gasteiger partial charge in [-0.15, -0.1) is 5.10 Å². The number of aromatic nitrogens is 5. The molecule has 0 saturated carbocycles. The number of anilines is 1. The van der Waals surface area contributed by atoms with Gasteiger partial charge in [-0.05, 0) is 74.2 Å². The maximum absolute atomic E-state index is 12.8. The third-order valence-corrected chi connectivity index (χ3v) is 4.98. The molecule has 1 amide bonds. The van der Waals surface area contributed by atoms with Crippen LogP contribution in [0.25, 0.3) is 16.9 Å². The number of rotatable bonds is 4. The summed E-state index contributed by atoms with van der Waals surface area (Å²) in [5, 5.41) is 10.9. The van der Waals surface area contributed by atoms with Gasteiger partial charge in [0.15, 0.2) is 11.2 Å². The summed E-state index contributed by atoms with van der Waals surface area (Å²) in [4.78, 5) is 29.6. The summed E-state index contributed by atoms with van der Waals surface area (Å²) in [7, 11) is 0. The van der Waals surface area contributed by atoms with Crippen LogP contribution < -0.4 is 10.9 Å². The first kappa shape index (κ1) is 19.5. The second kappa shape index (κ2) is 7.55. The summed E-state index contributed by atoms with van der Waals surface area (Å²) in [6.07, 6.45) is 1.35. The molecule has 30 heavy (non-hydrogen) atoms. The SMILES string of the molecule is Cc1cc(C)cc(NC(=O)Cn2cnc3c(nnn3-c3ccc(C)c(C)c3)c2=O)c1. The predicted octanol–water partition coefficient (Wildman–Crippen LogP) is 2.85. The number of carbonyl (C=O) groups excluding carboxylic acids is 1. The van der Waals surface area contributed by atoms with Gasteiger partial charge in [-0.3, -0.25) is 14.2 Å². The topological polar surface area (TPSA) is 94.7 Å². The quantitative estimate of drug-likeness (QED) is 0.566. The third-order valence-electron chi connectivity index (χ3n) is 4.98. The molecule has 0 aliphatic carbocycles. The first-order valence-electron chi connectivity index (χ1n) is 9.58. The summed E-state index contributed by atoms with van der Waals surface area (Å²) >= 11 is 0. The number of amides is 1. The van der Waals surface area contributed by atoms with Crippen LogP contribution >= 0.6 is 0 Å². The van der Waals surface area contributed by atoms with Crippen molar-refractivity contribution in [1.29, 1.82) is 0 Å². The number of nitrogens with zero attached hydrogens (tertiary/aromatic N) is 5. The molecule has 2 aromatic heterocycles. The Balaban J connectivity index is 1.62. The second-order valence-corrected chi connectivity index (χ2v) is 7.54. The zero-order valence-corrected chi connectivity index (χ0v) is 17.3. The van der Waals surface area contributed by atoms with E-state index in [4.69, 9.17) is 0 Å². The molecular formula is C22H22N6O2. The van der Waals surface area contributed by atoms with Gasteiger partial charge in [0.25, 0.3) is 5.56 Å². The molecule has 0 spiro atoms. The van der Waals surface area contributed by atoms with Crippen LogP contribution in [0.1, 0.15) is 22.3 Å². The van der Waals surface area contributed by atoms with Crippen molar-refractivity contribution >= 4 is 22.8 Å². The summed E-state index contributed by atoms with van der Waals surface area (Å²) in [6, 6.07) is 11.6. The van der Waals surface area contributed by atoms with E-state index in [-0.39, 0.29) is 18.0 Å². The molecule has 0 saturated heterocycles. The minimum absolute atomic E-state index is 0.120. The number of aryl methyl sites for hydroxylation is 4. The highest BCUT2D eigenvalue weighted by atomic mass is 16.2. The zero-order chi connectivity index (χ0) is 21.4. The van der Waals surface area contributed by atoms with E-state index in [0.717, 1.165) is 27.9 Å². The Bertz CT molecular complexity index is 1320. The zero-order valence-electron chi connectivity index (χ0n) is 17.3. The van der Waals surface area contributed by atoms with Crippen LogP contribution in [0.4, 0.5) is 5.69 Å². The molecule has 8 nitrogen and oxygen atoms in total. The molecule has 2 aromatic carbocycles. The molecule has 2 heterocycles. The molecule has 4 rings (SSSR count). The standard InChI is InChI=1S/C22H22N6O2/c1-13-7-14(2)9-17(8-13)24-19(29)11-27-12-23-21-20(22(27)30)25-26-28(21)18-6-5-15(3)16(4)10-18/h5-10,12H,11H2,1-4H3,(H,24,29). The van der Waals surface area contributed by atoms with Gasteiger partial charge in [0.05, 0.1) is 5.69 Å². The number of hydrogen-bond acceptors (Lipinski definition) is 5. The Labute approximate surface area is 173 Å². The van der Waals surface area contributed by atoms with Crippen molar-refractivity contribution in [1.82, 2.24) is 24.5 Å². The molecule has 8 heteroatoms. The lowest BCUT2D eigenvalue weighted by molar-refractivity contribution is -0.116. The predicted molar refractivity (Wildman–Crippen MR) is 115 cm³/mol. The lowest BCUT2D eigenvalue weighted by atomic mass is 10.1. The normalized spacial score (nSPS) is 11.1. The number of hydrogen-bond donors (Lipinski definition) is 1. The van der Waals surface area contributed by atoms with E-state index in [0.29, 0.717) is 11.3 Å². The van der Waals surface area contributed by atoms with Crippen molar-refractivity contribution in [3.05, 3.63) is 75.3 Å². The van der Waals surface area contributed by atoms with E-state index in [9.17, 15) is 9.59 Å². The van der Waals surface area contributed by atoms with Crippen molar-refractivity contribution in [2.24, 2.45) is 0 Å². The molecule has 0 fully saturated rings. The first-order valence-corrected chi connectivity index (χ1v) is 9.58. The Morgan fingerprint density at radius 2 is 1.73 bits per heavy atom. The van der Waals surface area contributed by atoms with Gasteiger partial charge in [0, 0.05) is 5.69 Å². The molecule has 0 aliphatic heterocycles. The molecule has 0 aliphatic rings. The van der Waals surface area contributed by atoms with E-state index in [1.807, 2.05) is 64.1 Å². The van der Waals surface area contributed by atoms with E-state index in [1.165, 1.54) is 15.6 Å². The minimum atomic E-state index is -0.411. The Kier molecular flexibility index (Phi) is 4.91. The summed E-state index contributed by atoms with van der Waals surface area (Å²) in [6.45, 7) is 7.80. The molecule has 1 N–H and O–H groups in total. The number of benzene rings is 2. The molecule has 0 unspecified atom stereocenters. The fraction of sp³-hybridized carbons (Fsp3) is 0.227. The maximum atomic E-state index is 12.8. The van der Waals surface area contributed by atoms with Crippen molar-refractivity contribution in [2.75, 3.05) is 5.32 Å². The monoisotopic (exact) mass is 402 g/mol. The average molecular weight is 402 g/mol. The van der Waals surface area contributed by atoms with E-state index in [2.05, 4.69) is 20.6 Å². The van der Waals surface area contributed by atoms with Crippen LogP contribution in [-0.2, 0) is 11.3 Å². The van der Waals surface area contributed by atoms with Crippen LogP contribution in [0.3, 0.4) is 0 Å². The van der Waals surface area contributed by atoms with Crippen LogP contribution in [0.2, 0.25) is 0 Å². The van der Waals surface area contributed by atoms with Crippen LogP contribution in [0, 0.1) is 27.7 Å². The van der Waals surface area contributed by atoms with Crippen LogP contribution in [0.5, 0.6) is 0 Å². The molecule has 0 atom stereocenters. The van der Waals surface area contributed by atoms with Gasteiger partial charge in [-0.25, -0.2) is 4.98 Å². The van der Waals surface area contributed by atoms with E-state index >= 15 is 0 Å². The highest BCUT2D eigenvalue weighted by molar-refractivity contribution is 5.90. The molecule has 0 radical (unpaired) electrons. The summed E-state index contributed by atoms with van der Waals surface area (Å²) in [5.41, 5.74) is 5.90. The minimum Gasteiger partial charge on any atom is -0.325 e. The van der Waals surface area contributed by atoms with E-state index in [1.54, 1.807) is 0 Å². The van der Waals surface area contributed by atoms with Gasteiger partial charge >= 0.3 is 0 Å². The van der Waals surface area contributed by atoms with Gasteiger partial charge in [-0.1, -0.05) is 17.3 Å². The third kappa shape index (κ3) is 3.71. The van der Waals surface area contributed by atoms with Gasteiger partial charge in [0.2, 0.25) is 5.91 Å².